The van der Waals surface area contributed by atoms with Gasteiger partial charge in [-0.15, -0.1) is 0 Å². The number of fused-ring (bicyclic) bond motifs is 1. The van der Waals surface area contributed by atoms with Crippen molar-refractivity contribution in [3.05, 3.63) is 78.6 Å². The number of hydrogen-bond donors (Lipinski definition) is 3. The van der Waals surface area contributed by atoms with E-state index in [4.69, 9.17) is 4.74 Å². The molecular formula is C23H20FN3O3. The zero-order valence-electron chi connectivity index (χ0n) is 16.0. The molecule has 4 aromatic rings. The van der Waals surface area contributed by atoms with E-state index < -0.39 is 6.04 Å². The highest BCUT2D eigenvalue weighted by atomic mass is 19.1. The Labute approximate surface area is 172 Å². The average molecular weight is 405 g/mol. The summed E-state index contributed by atoms with van der Waals surface area (Å²) >= 11 is 0. The number of aliphatic hydroxyl groups excluding tert-OH is 2. The van der Waals surface area contributed by atoms with Gasteiger partial charge < -0.3 is 20.3 Å². The van der Waals surface area contributed by atoms with Gasteiger partial charge in [-0.05, 0) is 54.6 Å². The summed E-state index contributed by atoms with van der Waals surface area (Å²) in [4.78, 5) is 9.08. The van der Waals surface area contributed by atoms with Gasteiger partial charge in [-0.3, -0.25) is 0 Å². The van der Waals surface area contributed by atoms with Gasteiger partial charge in [0.15, 0.2) is 0 Å². The molecule has 1 heterocycles. The molecule has 0 saturated carbocycles. The van der Waals surface area contributed by atoms with E-state index in [9.17, 15) is 14.6 Å². The molecule has 0 aliphatic rings. The van der Waals surface area contributed by atoms with Crippen LogP contribution >= 0.6 is 0 Å². The number of nitrogens with one attached hydrogen (secondary N) is 1. The maximum Gasteiger partial charge on any atom is 0.224 e. The molecule has 4 rings (SSSR count). The zero-order chi connectivity index (χ0) is 20.9. The van der Waals surface area contributed by atoms with Gasteiger partial charge in [0.1, 0.15) is 17.3 Å². The lowest BCUT2D eigenvalue weighted by Crippen LogP contribution is -2.28. The van der Waals surface area contributed by atoms with Gasteiger partial charge >= 0.3 is 0 Å². The molecule has 0 fully saturated rings. The van der Waals surface area contributed by atoms with Gasteiger partial charge in [0.05, 0.1) is 30.5 Å². The van der Waals surface area contributed by atoms with Crippen LogP contribution in [0.25, 0.3) is 22.2 Å². The fourth-order valence-corrected chi connectivity index (χ4v) is 3.01. The number of nitrogens with zero attached hydrogens (tertiary/aromatic N) is 2. The number of aliphatic hydroxyl groups is 2. The first-order chi connectivity index (χ1) is 14.7. The minimum atomic E-state index is -0.550. The summed E-state index contributed by atoms with van der Waals surface area (Å²) in [7, 11) is 0. The second-order valence-corrected chi connectivity index (χ2v) is 6.70. The molecule has 6 nitrogen and oxygen atoms in total. The van der Waals surface area contributed by atoms with Crippen LogP contribution in [0.2, 0.25) is 0 Å². The Morgan fingerprint density at radius 1 is 0.833 bits per heavy atom. The Bertz CT molecular complexity index is 1130. The standard InChI is InChI=1S/C23H20FN3O3/c24-16-7-11-19(12-8-16)30-18-9-5-15(6-10-18)22-20-3-1-2-4-21(20)26-23(27-22)25-17(13-28)14-29/h1-12,17,28-29H,13-14H2,(H,25,26,27). The summed E-state index contributed by atoms with van der Waals surface area (Å²) in [5.41, 5.74) is 2.31. The van der Waals surface area contributed by atoms with Gasteiger partial charge in [-0.2, -0.15) is 0 Å². The Morgan fingerprint density at radius 2 is 1.47 bits per heavy atom. The van der Waals surface area contributed by atoms with Crippen molar-refractivity contribution in [3.8, 4) is 22.8 Å². The van der Waals surface area contributed by atoms with Crippen molar-refractivity contribution in [1.29, 1.82) is 0 Å². The number of rotatable bonds is 7. The second kappa shape index (κ2) is 8.86. The lowest BCUT2D eigenvalue weighted by molar-refractivity contribution is 0.203. The fraction of sp³-hybridized carbons (Fsp3) is 0.130. The topological polar surface area (TPSA) is 87.5 Å². The number of anilines is 1. The molecule has 0 aliphatic heterocycles. The third-order valence-electron chi connectivity index (χ3n) is 4.55. The predicted molar refractivity (Wildman–Crippen MR) is 113 cm³/mol. The van der Waals surface area contributed by atoms with Crippen LogP contribution in [0.15, 0.2) is 72.8 Å². The van der Waals surface area contributed by atoms with Crippen LogP contribution < -0.4 is 10.1 Å². The van der Waals surface area contributed by atoms with Crippen LogP contribution in [0.5, 0.6) is 11.5 Å². The number of aromatic nitrogens is 2. The molecule has 0 radical (unpaired) electrons. The zero-order valence-corrected chi connectivity index (χ0v) is 16.0. The number of para-hydroxylation sites is 1. The van der Waals surface area contributed by atoms with Crippen molar-refractivity contribution in [2.24, 2.45) is 0 Å². The summed E-state index contributed by atoms with van der Waals surface area (Å²) in [5.74, 6) is 1.16. The van der Waals surface area contributed by atoms with Crippen LogP contribution in [-0.4, -0.2) is 39.4 Å². The number of hydrogen-bond acceptors (Lipinski definition) is 6. The molecule has 152 valence electrons. The van der Waals surface area contributed by atoms with Crippen molar-refractivity contribution in [2.45, 2.75) is 6.04 Å². The Balaban J connectivity index is 1.66. The Kier molecular flexibility index (Phi) is 5.83. The van der Waals surface area contributed by atoms with Gasteiger partial charge in [0.2, 0.25) is 5.95 Å². The summed E-state index contributed by atoms with van der Waals surface area (Å²) in [6, 6.07) is 20.3. The maximum absolute atomic E-state index is 13.1. The van der Waals surface area contributed by atoms with E-state index in [-0.39, 0.29) is 19.0 Å². The third-order valence-corrected chi connectivity index (χ3v) is 4.55. The molecule has 0 atom stereocenters. The van der Waals surface area contributed by atoms with Gasteiger partial charge in [0, 0.05) is 10.9 Å². The molecule has 0 spiro atoms. The lowest BCUT2D eigenvalue weighted by Gasteiger charge is -2.15. The monoisotopic (exact) mass is 405 g/mol. The van der Waals surface area contributed by atoms with Crippen molar-refractivity contribution in [1.82, 2.24) is 9.97 Å². The highest BCUT2D eigenvalue weighted by Gasteiger charge is 2.13. The van der Waals surface area contributed by atoms with E-state index >= 15 is 0 Å². The van der Waals surface area contributed by atoms with Gasteiger partial charge in [-0.25, -0.2) is 14.4 Å². The highest BCUT2D eigenvalue weighted by Crippen LogP contribution is 2.30. The molecule has 1 aromatic heterocycles. The SMILES string of the molecule is OCC(CO)Nc1nc(-c2ccc(Oc3ccc(F)cc3)cc2)c2ccccc2n1. The fourth-order valence-electron chi connectivity index (χ4n) is 3.01. The van der Waals surface area contributed by atoms with Crippen molar-refractivity contribution < 1.29 is 19.3 Å². The number of halogens is 1. The summed E-state index contributed by atoms with van der Waals surface area (Å²) in [6.07, 6.45) is 0. The first kappa shape index (κ1) is 19.8. The molecule has 0 aliphatic carbocycles. The number of benzene rings is 3. The molecule has 3 N–H and O–H groups in total. The van der Waals surface area contributed by atoms with E-state index in [1.165, 1.54) is 12.1 Å². The molecule has 7 heteroatoms. The van der Waals surface area contributed by atoms with Crippen molar-refractivity contribution in [3.63, 3.8) is 0 Å². The van der Waals surface area contributed by atoms with E-state index in [0.29, 0.717) is 23.1 Å². The molecule has 3 aromatic carbocycles. The first-order valence-electron chi connectivity index (χ1n) is 9.45. The van der Waals surface area contributed by atoms with Gasteiger partial charge in [-0.1, -0.05) is 18.2 Å². The molecular weight excluding hydrogens is 385 g/mol. The largest absolute Gasteiger partial charge is 0.457 e. The minimum absolute atomic E-state index is 0.239. The van der Waals surface area contributed by atoms with Crippen molar-refractivity contribution in [2.75, 3.05) is 18.5 Å². The van der Waals surface area contributed by atoms with Crippen LogP contribution in [0.4, 0.5) is 10.3 Å². The highest BCUT2D eigenvalue weighted by molar-refractivity contribution is 5.93. The first-order valence-corrected chi connectivity index (χ1v) is 9.45. The molecule has 0 saturated heterocycles. The average Bonchev–Trinajstić information content (AvgIpc) is 2.79. The van der Waals surface area contributed by atoms with E-state index in [0.717, 1.165) is 16.5 Å². The van der Waals surface area contributed by atoms with Crippen LogP contribution in [0.1, 0.15) is 0 Å². The quantitative estimate of drug-likeness (QED) is 0.431. The van der Waals surface area contributed by atoms with E-state index in [1.54, 1.807) is 12.1 Å². The summed E-state index contributed by atoms with van der Waals surface area (Å²) < 4.78 is 18.8. The Morgan fingerprint density at radius 3 is 2.13 bits per heavy atom. The maximum atomic E-state index is 13.1. The molecule has 30 heavy (non-hydrogen) atoms. The van der Waals surface area contributed by atoms with E-state index in [2.05, 4.69) is 15.3 Å². The molecule has 0 bridgehead atoms. The second-order valence-electron chi connectivity index (χ2n) is 6.70. The molecule has 0 unspecified atom stereocenters. The van der Waals surface area contributed by atoms with Crippen LogP contribution in [0.3, 0.4) is 0 Å². The third kappa shape index (κ3) is 4.37. The minimum Gasteiger partial charge on any atom is -0.457 e. The molecule has 0 amide bonds. The predicted octanol–water partition coefficient (Wildman–Crippen LogP) is 3.99. The Hall–Kier alpha value is -3.55. The van der Waals surface area contributed by atoms with Gasteiger partial charge in [0.25, 0.3) is 0 Å². The summed E-state index contributed by atoms with van der Waals surface area (Å²) in [5, 5.41) is 22.5. The van der Waals surface area contributed by atoms with Crippen molar-refractivity contribution >= 4 is 16.9 Å². The lowest BCUT2D eigenvalue weighted by atomic mass is 10.1. The smallest absolute Gasteiger partial charge is 0.224 e. The van der Waals surface area contributed by atoms with Crippen LogP contribution in [-0.2, 0) is 0 Å². The number of ether oxygens (including phenoxy) is 1. The van der Waals surface area contributed by atoms with E-state index in [1.807, 2.05) is 48.5 Å². The normalized spacial score (nSPS) is 11.1. The summed E-state index contributed by atoms with van der Waals surface area (Å²) in [6.45, 7) is -0.477. The van der Waals surface area contributed by atoms with Crippen LogP contribution in [0, 0.1) is 5.82 Å².